The van der Waals surface area contributed by atoms with Crippen LogP contribution in [0.2, 0.25) is 0 Å². The smallest absolute Gasteiger partial charge is 0.343 e. The Bertz CT molecular complexity index is 905. The van der Waals surface area contributed by atoms with Gasteiger partial charge in [-0.05, 0) is 18.4 Å². The number of aromatic nitrogens is 2. The molecular weight excluding hydrogens is 502 g/mol. The minimum atomic E-state index is -1.54. The summed E-state index contributed by atoms with van der Waals surface area (Å²) in [5.41, 5.74) is -0.874. The first-order valence-corrected chi connectivity index (χ1v) is 12.8. The Morgan fingerprint density at radius 3 is 2.67 bits per heavy atom. The van der Waals surface area contributed by atoms with Gasteiger partial charge in [0.25, 0.3) is 0 Å². The van der Waals surface area contributed by atoms with Crippen LogP contribution in [0.3, 0.4) is 0 Å². The zero-order chi connectivity index (χ0) is 22.6. The lowest BCUT2D eigenvalue weighted by molar-refractivity contribution is -0.898. The highest BCUT2D eigenvalue weighted by atomic mass is 79.9. The number of rotatable bonds is 9. The van der Waals surface area contributed by atoms with Crippen molar-refractivity contribution in [1.82, 2.24) is 9.55 Å². The highest BCUT2D eigenvalue weighted by molar-refractivity contribution is 7.99. The molecule has 3 unspecified atom stereocenters. The Morgan fingerprint density at radius 1 is 1.27 bits per heavy atom. The molecule has 2 heterocycles. The van der Waals surface area contributed by atoms with Gasteiger partial charge in [-0.15, -0.1) is 0 Å². The van der Waals surface area contributed by atoms with E-state index >= 15 is 0 Å². The molecule has 1 aliphatic heterocycles. The summed E-state index contributed by atoms with van der Waals surface area (Å²) < 4.78 is 8.95. The first-order chi connectivity index (χ1) is 15.4. The highest BCUT2D eigenvalue weighted by Gasteiger charge is 2.49. The summed E-state index contributed by atoms with van der Waals surface area (Å²) in [4.78, 5) is 17.7. The third-order valence-electron chi connectivity index (χ3n) is 7.23. The molecule has 6 nitrogen and oxygen atoms in total. The van der Waals surface area contributed by atoms with Gasteiger partial charge in [0, 0.05) is 44.0 Å². The normalized spacial score (nSPS) is 24.9. The maximum atomic E-state index is 13.4. The van der Waals surface area contributed by atoms with Crippen molar-refractivity contribution < 1.29 is 36.1 Å². The fourth-order valence-corrected chi connectivity index (χ4v) is 6.18. The largest absolute Gasteiger partial charge is 1.00 e. The van der Waals surface area contributed by atoms with Crippen molar-refractivity contribution in [2.45, 2.75) is 55.4 Å². The molecule has 8 heteroatoms. The SMILES string of the molecule is Cn1ccnc1SCCC[N+]1(C)CCC(OC(=O)C(O)(c2ccccc2)C2CCCC2)C1.[Br-]. The number of quaternary nitrogens is 1. The molecule has 33 heavy (non-hydrogen) atoms. The van der Waals surface area contributed by atoms with Gasteiger partial charge in [0.15, 0.2) is 16.9 Å². The quantitative estimate of drug-likeness (QED) is 0.221. The fraction of sp³-hybridized carbons (Fsp3) is 0.600. The van der Waals surface area contributed by atoms with Gasteiger partial charge < -0.3 is 35.9 Å². The topological polar surface area (TPSA) is 64.4 Å². The Labute approximate surface area is 212 Å². The second-order valence-corrected chi connectivity index (χ2v) is 10.8. The number of hydrogen-bond acceptors (Lipinski definition) is 5. The third kappa shape index (κ3) is 6.02. The van der Waals surface area contributed by atoms with Crippen molar-refractivity contribution in [3.05, 3.63) is 48.3 Å². The van der Waals surface area contributed by atoms with Crippen molar-refractivity contribution >= 4 is 17.7 Å². The Hall–Kier alpha value is -1.35. The van der Waals surface area contributed by atoms with Gasteiger partial charge in [-0.2, -0.15) is 0 Å². The molecule has 1 saturated carbocycles. The number of imidazole rings is 1. The summed E-state index contributed by atoms with van der Waals surface area (Å²) in [5, 5.41) is 12.7. The predicted molar refractivity (Wildman–Crippen MR) is 126 cm³/mol. The van der Waals surface area contributed by atoms with Crippen LogP contribution in [0.15, 0.2) is 47.9 Å². The van der Waals surface area contributed by atoms with Gasteiger partial charge in [0.05, 0.1) is 20.1 Å². The van der Waals surface area contributed by atoms with E-state index in [1.54, 1.807) is 11.8 Å². The average Bonchev–Trinajstić information content (AvgIpc) is 3.54. The molecule has 1 aromatic carbocycles. The lowest BCUT2D eigenvalue weighted by Crippen LogP contribution is -3.00. The number of likely N-dealkylation sites (N-methyl/N-ethyl adjacent to an activating group) is 1. The second-order valence-electron chi connectivity index (χ2n) is 9.70. The number of halogens is 1. The van der Waals surface area contributed by atoms with Gasteiger partial charge >= 0.3 is 5.97 Å². The third-order valence-corrected chi connectivity index (χ3v) is 8.37. The number of carbonyl (C=O) groups excluding carboxylic acids is 1. The van der Waals surface area contributed by atoms with Crippen LogP contribution in [0, 0.1) is 5.92 Å². The van der Waals surface area contributed by atoms with E-state index in [1.807, 2.05) is 54.3 Å². The van der Waals surface area contributed by atoms with Crippen LogP contribution < -0.4 is 17.0 Å². The molecule has 3 atom stereocenters. The van der Waals surface area contributed by atoms with Gasteiger partial charge in [-0.3, -0.25) is 0 Å². The van der Waals surface area contributed by atoms with Crippen LogP contribution in [0.5, 0.6) is 0 Å². The van der Waals surface area contributed by atoms with Crippen molar-refractivity contribution in [1.29, 1.82) is 0 Å². The molecule has 0 amide bonds. The van der Waals surface area contributed by atoms with E-state index in [0.717, 1.165) is 73.6 Å². The Kier molecular flexibility index (Phi) is 9.06. The van der Waals surface area contributed by atoms with Crippen LogP contribution >= 0.6 is 11.8 Å². The molecule has 1 saturated heterocycles. The molecule has 1 N–H and O–H groups in total. The number of esters is 1. The van der Waals surface area contributed by atoms with E-state index in [-0.39, 0.29) is 29.0 Å². The molecule has 1 aromatic heterocycles. The number of aryl methyl sites for hydroxylation is 1. The summed E-state index contributed by atoms with van der Waals surface area (Å²) in [6.45, 7) is 2.86. The predicted octanol–water partition coefficient (Wildman–Crippen LogP) is 0.746. The molecular formula is C25H36BrN3O3S. The van der Waals surface area contributed by atoms with Crippen molar-refractivity contribution in [3.8, 4) is 0 Å². The first-order valence-electron chi connectivity index (χ1n) is 11.8. The summed E-state index contributed by atoms with van der Waals surface area (Å²) in [7, 11) is 4.27. The first kappa shape index (κ1) is 26.3. The Morgan fingerprint density at radius 2 is 2.00 bits per heavy atom. The minimum absolute atomic E-state index is 0. The standard InChI is InChI=1S/C25H36N3O3S.BrH/c1-27-15-14-26-24(27)32-18-8-16-28(2)17-13-22(19-28)31-23(29)25(30,21-11-6-7-12-21)20-9-4-3-5-10-20;/h3-5,9-10,14-15,21-22,30H,6-8,11-13,16-19H2,1-2H3;1H/q+1;/p-1. The number of aliphatic hydroxyl groups is 1. The summed E-state index contributed by atoms with van der Waals surface area (Å²) in [6.07, 6.45) is 9.46. The van der Waals surface area contributed by atoms with Crippen molar-refractivity contribution in [2.75, 3.05) is 32.4 Å². The molecule has 0 spiro atoms. The van der Waals surface area contributed by atoms with Crippen LogP contribution in [-0.2, 0) is 22.2 Å². The molecule has 182 valence electrons. The number of thioether (sulfide) groups is 1. The second kappa shape index (κ2) is 11.4. The average molecular weight is 539 g/mol. The van der Waals surface area contributed by atoms with E-state index in [4.69, 9.17) is 4.74 Å². The zero-order valence-corrected chi connectivity index (χ0v) is 22.1. The summed E-state index contributed by atoms with van der Waals surface area (Å²) in [6, 6.07) is 9.39. The number of ether oxygens (including phenoxy) is 1. The molecule has 2 aromatic rings. The highest BCUT2D eigenvalue weighted by Crippen LogP contribution is 2.42. The minimum Gasteiger partial charge on any atom is -1.00 e. The van der Waals surface area contributed by atoms with Crippen molar-refractivity contribution in [3.63, 3.8) is 0 Å². The fourth-order valence-electron chi connectivity index (χ4n) is 5.33. The number of benzene rings is 1. The van der Waals surface area contributed by atoms with E-state index in [1.165, 1.54) is 0 Å². The monoisotopic (exact) mass is 537 g/mol. The number of nitrogens with zero attached hydrogens (tertiary/aromatic N) is 3. The summed E-state index contributed by atoms with van der Waals surface area (Å²) in [5.74, 6) is 0.501. The molecule has 2 fully saturated rings. The van der Waals surface area contributed by atoms with E-state index < -0.39 is 11.6 Å². The van der Waals surface area contributed by atoms with Crippen LogP contribution in [-0.4, -0.2) is 63.6 Å². The zero-order valence-electron chi connectivity index (χ0n) is 19.7. The Balaban J connectivity index is 0.00000306. The molecule has 1 aliphatic carbocycles. The van der Waals surface area contributed by atoms with Crippen LogP contribution in [0.1, 0.15) is 44.1 Å². The molecule has 0 bridgehead atoms. The van der Waals surface area contributed by atoms with E-state index in [0.29, 0.717) is 5.56 Å². The lowest BCUT2D eigenvalue weighted by Gasteiger charge is -2.33. The maximum absolute atomic E-state index is 13.4. The van der Waals surface area contributed by atoms with Gasteiger partial charge in [0.1, 0.15) is 6.54 Å². The molecule has 2 aliphatic rings. The molecule has 4 rings (SSSR count). The van der Waals surface area contributed by atoms with E-state index in [2.05, 4.69) is 12.0 Å². The number of likely N-dealkylation sites (tertiary alicyclic amines) is 1. The molecule has 0 radical (unpaired) electrons. The van der Waals surface area contributed by atoms with Gasteiger partial charge in [0.2, 0.25) is 0 Å². The van der Waals surface area contributed by atoms with Crippen LogP contribution in [0.25, 0.3) is 0 Å². The van der Waals surface area contributed by atoms with Gasteiger partial charge in [-0.25, -0.2) is 9.78 Å². The van der Waals surface area contributed by atoms with Crippen molar-refractivity contribution in [2.24, 2.45) is 13.0 Å². The van der Waals surface area contributed by atoms with Crippen LogP contribution in [0.4, 0.5) is 0 Å². The van der Waals surface area contributed by atoms with Gasteiger partial charge in [-0.1, -0.05) is 54.9 Å². The number of hydrogen-bond donors (Lipinski definition) is 1. The van der Waals surface area contributed by atoms with E-state index in [9.17, 15) is 9.90 Å². The lowest BCUT2D eigenvalue weighted by atomic mass is 9.80. The summed E-state index contributed by atoms with van der Waals surface area (Å²) >= 11 is 1.79. The number of carbonyl (C=O) groups is 1. The maximum Gasteiger partial charge on any atom is 0.343 e.